The number of amides is 1. The van der Waals surface area contributed by atoms with Gasteiger partial charge in [0.1, 0.15) is 0 Å². The van der Waals surface area contributed by atoms with Crippen LogP contribution < -0.4 is 0 Å². The minimum atomic E-state index is -0.894. The summed E-state index contributed by atoms with van der Waals surface area (Å²) in [4.78, 5) is 19.8. The highest BCUT2D eigenvalue weighted by Crippen LogP contribution is 2.47. The zero-order valence-electron chi connectivity index (χ0n) is 16.9. The van der Waals surface area contributed by atoms with Crippen molar-refractivity contribution in [1.82, 2.24) is 9.88 Å². The van der Waals surface area contributed by atoms with Gasteiger partial charge in [-0.05, 0) is 24.8 Å². The van der Waals surface area contributed by atoms with Gasteiger partial charge in [0.25, 0.3) is 5.91 Å². The van der Waals surface area contributed by atoms with E-state index in [-0.39, 0.29) is 17.9 Å². The fourth-order valence-electron chi connectivity index (χ4n) is 5.35. The van der Waals surface area contributed by atoms with E-state index in [9.17, 15) is 9.90 Å². The number of fused-ring (bicyclic) bond motifs is 1. The monoisotopic (exact) mass is 402 g/mol. The zero-order valence-corrected chi connectivity index (χ0v) is 16.9. The fourth-order valence-corrected chi connectivity index (χ4v) is 5.35. The van der Waals surface area contributed by atoms with Gasteiger partial charge in [0.2, 0.25) is 0 Å². The van der Waals surface area contributed by atoms with E-state index >= 15 is 0 Å². The molecule has 0 bridgehead atoms. The summed E-state index contributed by atoms with van der Waals surface area (Å²) < 4.78 is 5.60. The fraction of sp³-hybridized carbons (Fsp3) is 0.360. The lowest BCUT2D eigenvalue weighted by Crippen LogP contribution is -2.59. The van der Waals surface area contributed by atoms with Gasteiger partial charge in [-0.25, -0.2) is 4.98 Å². The third-order valence-electron chi connectivity index (χ3n) is 6.82. The molecule has 3 aromatic rings. The van der Waals surface area contributed by atoms with Crippen LogP contribution in [0.3, 0.4) is 0 Å². The van der Waals surface area contributed by atoms with E-state index in [1.165, 1.54) is 6.39 Å². The average molecular weight is 402 g/mol. The number of likely N-dealkylation sites (tertiary alicyclic amines) is 1. The smallest absolute Gasteiger partial charge is 0.276 e. The number of benzene rings is 2. The number of hydrogen-bond acceptors (Lipinski definition) is 4. The summed E-state index contributed by atoms with van der Waals surface area (Å²) in [7, 11) is 0. The van der Waals surface area contributed by atoms with E-state index in [1.54, 1.807) is 0 Å². The molecule has 3 unspecified atom stereocenters. The van der Waals surface area contributed by atoms with Crippen molar-refractivity contribution in [2.24, 2.45) is 5.92 Å². The molecule has 154 valence electrons. The number of aliphatic hydroxyl groups is 1. The third kappa shape index (κ3) is 3.14. The van der Waals surface area contributed by atoms with Crippen LogP contribution in [0.2, 0.25) is 0 Å². The summed E-state index contributed by atoms with van der Waals surface area (Å²) in [6.45, 7) is 0.506. The molecule has 5 rings (SSSR count). The van der Waals surface area contributed by atoms with E-state index < -0.39 is 5.60 Å². The SMILES string of the molecule is O=C(c1ncoc1-c1ccccc1)N1CCC(O)(c2ccccc2)C2CCCCC21. The maximum Gasteiger partial charge on any atom is 0.276 e. The Kier molecular flexibility index (Phi) is 4.91. The van der Waals surface area contributed by atoms with Crippen molar-refractivity contribution in [2.45, 2.75) is 43.7 Å². The number of aromatic nitrogens is 1. The van der Waals surface area contributed by atoms with E-state index in [4.69, 9.17) is 4.42 Å². The van der Waals surface area contributed by atoms with Gasteiger partial charge >= 0.3 is 0 Å². The second-order valence-electron chi connectivity index (χ2n) is 8.39. The number of rotatable bonds is 3. The van der Waals surface area contributed by atoms with Crippen molar-refractivity contribution in [3.63, 3.8) is 0 Å². The molecule has 0 spiro atoms. The number of piperidine rings is 1. The molecule has 1 aromatic heterocycles. The van der Waals surface area contributed by atoms with Crippen molar-refractivity contribution in [3.8, 4) is 11.3 Å². The standard InChI is InChI=1S/C25H26N2O3/c28-24(22-23(30-17-26-22)18-9-3-1-4-10-18)27-16-15-25(29,19-11-5-2-6-12-19)20-13-7-8-14-21(20)27/h1-6,9-12,17,20-21,29H,7-8,13-16H2. The zero-order chi connectivity index (χ0) is 20.6. The summed E-state index contributed by atoms with van der Waals surface area (Å²) in [5, 5.41) is 11.7. The molecule has 1 N–H and O–H groups in total. The highest BCUT2D eigenvalue weighted by molar-refractivity contribution is 5.98. The molecule has 2 fully saturated rings. The van der Waals surface area contributed by atoms with Crippen LogP contribution in [0.25, 0.3) is 11.3 Å². The van der Waals surface area contributed by atoms with Crippen molar-refractivity contribution in [2.75, 3.05) is 6.54 Å². The number of carbonyl (C=O) groups excluding carboxylic acids is 1. The predicted octanol–water partition coefficient (Wildman–Crippen LogP) is 4.63. The molecular weight excluding hydrogens is 376 g/mol. The summed E-state index contributed by atoms with van der Waals surface area (Å²) in [5.74, 6) is 0.435. The van der Waals surface area contributed by atoms with Crippen LogP contribution in [0.15, 0.2) is 71.5 Å². The Labute approximate surface area is 176 Å². The van der Waals surface area contributed by atoms with Gasteiger partial charge in [-0.1, -0.05) is 73.5 Å². The van der Waals surface area contributed by atoms with Crippen molar-refractivity contribution in [3.05, 3.63) is 78.3 Å². The lowest BCUT2D eigenvalue weighted by molar-refractivity contribution is -0.110. The van der Waals surface area contributed by atoms with Crippen LogP contribution in [0.5, 0.6) is 0 Å². The van der Waals surface area contributed by atoms with Gasteiger partial charge in [0, 0.05) is 24.1 Å². The van der Waals surface area contributed by atoms with Gasteiger partial charge in [0.05, 0.1) is 5.60 Å². The first-order chi connectivity index (χ1) is 14.7. The minimum absolute atomic E-state index is 0.00512. The number of carbonyl (C=O) groups is 1. The quantitative estimate of drug-likeness (QED) is 0.693. The second kappa shape index (κ2) is 7.73. The van der Waals surface area contributed by atoms with Gasteiger partial charge in [0.15, 0.2) is 17.8 Å². The molecule has 1 aliphatic carbocycles. The molecule has 3 atom stereocenters. The Morgan fingerprint density at radius 3 is 2.50 bits per heavy atom. The lowest BCUT2D eigenvalue weighted by Gasteiger charge is -2.52. The van der Waals surface area contributed by atoms with Gasteiger partial charge in [-0.2, -0.15) is 0 Å². The lowest BCUT2D eigenvalue weighted by atomic mass is 9.66. The molecule has 2 aliphatic rings. The van der Waals surface area contributed by atoms with Crippen LogP contribution in [0, 0.1) is 5.92 Å². The molecule has 1 saturated carbocycles. The predicted molar refractivity (Wildman–Crippen MR) is 114 cm³/mol. The van der Waals surface area contributed by atoms with Crippen LogP contribution >= 0.6 is 0 Å². The first-order valence-corrected chi connectivity index (χ1v) is 10.8. The van der Waals surface area contributed by atoms with Crippen LogP contribution in [-0.4, -0.2) is 33.5 Å². The number of oxazole rings is 1. The summed E-state index contributed by atoms with van der Waals surface area (Å²) >= 11 is 0. The van der Waals surface area contributed by atoms with Crippen molar-refractivity contribution < 1.29 is 14.3 Å². The third-order valence-corrected chi connectivity index (χ3v) is 6.82. The molecular formula is C25H26N2O3. The van der Waals surface area contributed by atoms with Gasteiger partial charge < -0.3 is 14.4 Å². The van der Waals surface area contributed by atoms with Crippen LogP contribution in [0.1, 0.15) is 48.2 Å². The molecule has 30 heavy (non-hydrogen) atoms. The highest BCUT2D eigenvalue weighted by Gasteiger charge is 2.50. The second-order valence-corrected chi connectivity index (χ2v) is 8.39. The van der Waals surface area contributed by atoms with E-state index in [1.807, 2.05) is 65.6 Å². The normalized spacial score (nSPS) is 26.2. The maximum absolute atomic E-state index is 13.6. The topological polar surface area (TPSA) is 66.6 Å². The molecule has 1 aliphatic heterocycles. The molecule has 5 heteroatoms. The Balaban J connectivity index is 1.47. The highest BCUT2D eigenvalue weighted by atomic mass is 16.3. The average Bonchev–Trinajstić information content (AvgIpc) is 3.30. The van der Waals surface area contributed by atoms with E-state index in [0.29, 0.717) is 24.4 Å². The van der Waals surface area contributed by atoms with Crippen LogP contribution in [-0.2, 0) is 5.60 Å². The molecule has 5 nitrogen and oxygen atoms in total. The van der Waals surface area contributed by atoms with Crippen LogP contribution in [0.4, 0.5) is 0 Å². The summed E-state index contributed by atoms with van der Waals surface area (Å²) in [6, 6.07) is 19.6. The van der Waals surface area contributed by atoms with E-state index in [2.05, 4.69) is 4.98 Å². The largest absolute Gasteiger partial charge is 0.443 e. The minimum Gasteiger partial charge on any atom is -0.443 e. The molecule has 1 amide bonds. The molecule has 0 radical (unpaired) electrons. The first-order valence-electron chi connectivity index (χ1n) is 10.8. The number of nitrogens with zero attached hydrogens (tertiary/aromatic N) is 2. The van der Waals surface area contributed by atoms with Crippen molar-refractivity contribution >= 4 is 5.91 Å². The summed E-state index contributed by atoms with van der Waals surface area (Å²) in [6.07, 6.45) is 5.85. The molecule has 1 saturated heterocycles. The number of hydrogen-bond donors (Lipinski definition) is 1. The summed E-state index contributed by atoms with van der Waals surface area (Å²) in [5.41, 5.74) is 1.27. The molecule has 2 aromatic carbocycles. The Morgan fingerprint density at radius 2 is 1.73 bits per heavy atom. The van der Waals surface area contributed by atoms with Gasteiger partial charge in [-0.3, -0.25) is 4.79 Å². The van der Waals surface area contributed by atoms with Gasteiger partial charge in [-0.15, -0.1) is 0 Å². The Morgan fingerprint density at radius 1 is 1.03 bits per heavy atom. The van der Waals surface area contributed by atoms with E-state index in [0.717, 1.165) is 36.8 Å². The Hall–Kier alpha value is -2.92. The maximum atomic E-state index is 13.6. The van der Waals surface area contributed by atoms with Crippen molar-refractivity contribution in [1.29, 1.82) is 0 Å². The Bertz CT molecular complexity index is 1020. The molecule has 2 heterocycles. The first kappa shape index (κ1) is 19.1.